The number of hydrogen-bond acceptors (Lipinski definition) is 6. The molecule has 0 amide bonds. The maximum absolute atomic E-state index is 12.9. The predicted molar refractivity (Wildman–Crippen MR) is 119 cm³/mol. The molecular weight excluding hydrogens is 429 g/mol. The van der Waals surface area contributed by atoms with Gasteiger partial charge >= 0.3 is 0 Å². The molecule has 1 aliphatic rings. The third-order valence-electron chi connectivity index (χ3n) is 4.51. The van der Waals surface area contributed by atoms with Crippen molar-refractivity contribution in [3.05, 3.63) is 64.6 Å². The Morgan fingerprint density at radius 2 is 1.72 bits per heavy atom. The molecule has 150 valence electrons. The molecule has 1 saturated heterocycles. The summed E-state index contributed by atoms with van der Waals surface area (Å²) in [5.41, 5.74) is 1.24. The third kappa shape index (κ3) is 4.76. The van der Waals surface area contributed by atoms with Crippen LogP contribution in [0.1, 0.15) is 0 Å². The lowest BCUT2D eigenvalue weighted by atomic mass is 10.1. The second kappa shape index (κ2) is 9.19. The van der Waals surface area contributed by atoms with Crippen LogP contribution in [0.2, 0.25) is 10.0 Å². The minimum absolute atomic E-state index is 0.428. The first-order valence-electron chi connectivity index (χ1n) is 9.14. The maximum Gasteiger partial charge on any atom is 0.273 e. The smallest absolute Gasteiger partial charge is 0.273 e. The van der Waals surface area contributed by atoms with E-state index in [-0.39, 0.29) is 0 Å². The van der Waals surface area contributed by atoms with E-state index in [0.29, 0.717) is 32.1 Å². The lowest BCUT2D eigenvalue weighted by molar-refractivity contribution is 0.580. The topological polar surface area (TPSA) is 76.1 Å². The summed E-state index contributed by atoms with van der Waals surface area (Å²) in [6.07, 6.45) is 0. The highest BCUT2D eigenvalue weighted by atomic mass is 35.5. The Hall–Kier alpha value is -2.03. The first-order chi connectivity index (χ1) is 14.1. The van der Waals surface area contributed by atoms with Gasteiger partial charge in [0.25, 0.3) is 5.03 Å². The van der Waals surface area contributed by atoms with Crippen LogP contribution in [-0.4, -0.2) is 40.7 Å². The van der Waals surface area contributed by atoms with Crippen molar-refractivity contribution >= 4 is 46.2 Å². The quantitative estimate of drug-likeness (QED) is 0.575. The van der Waals surface area contributed by atoms with Crippen molar-refractivity contribution in [1.82, 2.24) is 15.3 Å². The van der Waals surface area contributed by atoms with Crippen LogP contribution in [0, 0.1) is 0 Å². The van der Waals surface area contributed by atoms with E-state index in [2.05, 4.69) is 24.9 Å². The fraction of sp³-hybridized carbons (Fsp3) is 0.200. The SMILES string of the molecule is [O-][S+](Nc1ccc(Cl)c(-c2ccccc2Cl)n1)c1cccc(N2CCNCC2)n1. The van der Waals surface area contributed by atoms with Gasteiger partial charge in [0.2, 0.25) is 0 Å². The van der Waals surface area contributed by atoms with Crippen molar-refractivity contribution in [3.8, 4) is 11.3 Å². The summed E-state index contributed by atoms with van der Waals surface area (Å²) in [6.45, 7) is 3.56. The van der Waals surface area contributed by atoms with Gasteiger partial charge in [0.15, 0.2) is 5.82 Å². The van der Waals surface area contributed by atoms with E-state index in [4.69, 9.17) is 23.2 Å². The molecule has 2 aromatic heterocycles. The van der Waals surface area contributed by atoms with Crippen molar-refractivity contribution in [2.24, 2.45) is 0 Å². The van der Waals surface area contributed by atoms with E-state index in [1.165, 1.54) is 0 Å². The van der Waals surface area contributed by atoms with Gasteiger partial charge in [-0.1, -0.05) is 47.5 Å². The van der Waals surface area contributed by atoms with Gasteiger partial charge < -0.3 is 14.8 Å². The molecule has 1 fully saturated rings. The number of benzene rings is 1. The fourth-order valence-corrected chi connectivity index (χ4v) is 4.28. The lowest BCUT2D eigenvalue weighted by Gasteiger charge is -2.28. The van der Waals surface area contributed by atoms with E-state index in [9.17, 15) is 4.55 Å². The number of hydrogen-bond donors (Lipinski definition) is 2. The van der Waals surface area contributed by atoms with Crippen LogP contribution >= 0.6 is 23.2 Å². The summed E-state index contributed by atoms with van der Waals surface area (Å²) < 4.78 is 15.8. The molecule has 0 aliphatic carbocycles. The normalized spacial score (nSPS) is 15.2. The number of nitrogens with zero attached hydrogens (tertiary/aromatic N) is 3. The molecular formula is C20H19Cl2N5OS. The average molecular weight is 448 g/mol. The maximum atomic E-state index is 12.9. The summed E-state index contributed by atoms with van der Waals surface area (Å²) in [4.78, 5) is 11.3. The number of pyridine rings is 2. The van der Waals surface area contributed by atoms with Gasteiger partial charge in [-0.2, -0.15) is 9.71 Å². The molecule has 1 atom stereocenters. The van der Waals surface area contributed by atoms with Gasteiger partial charge in [-0.25, -0.2) is 4.98 Å². The molecule has 0 radical (unpaired) electrons. The molecule has 29 heavy (non-hydrogen) atoms. The van der Waals surface area contributed by atoms with Crippen LogP contribution in [0.25, 0.3) is 11.3 Å². The van der Waals surface area contributed by atoms with Crippen molar-refractivity contribution in [1.29, 1.82) is 0 Å². The van der Waals surface area contributed by atoms with Gasteiger partial charge in [-0.3, -0.25) is 0 Å². The van der Waals surface area contributed by atoms with Crippen LogP contribution in [0.4, 0.5) is 11.6 Å². The average Bonchev–Trinajstić information content (AvgIpc) is 2.76. The summed E-state index contributed by atoms with van der Waals surface area (Å²) in [6, 6.07) is 16.2. The fourth-order valence-electron chi connectivity index (χ4n) is 3.07. The molecule has 4 rings (SSSR count). The zero-order valence-electron chi connectivity index (χ0n) is 15.4. The molecule has 6 nitrogen and oxygen atoms in total. The Kier molecular flexibility index (Phi) is 6.42. The number of nitrogens with one attached hydrogen (secondary N) is 2. The minimum atomic E-state index is -1.57. The van der Waals surface area contributed by atoms with Crippen molar-refractivity contribution in [3.63, 3.8) is 0 Å². The number of piperazine rings is 1. The third-order valence-corrected chi connectivity index (χ3v) is 6.15. The Bertz CT molecular complexity index is 1000. The molecule has 1 aromatic carbocycles. The highest BCUT2D eigenvalue weighted by molar-refractivity contribution is 7.92. The zero-order valence-corrected chi connectivity index (χ0v) is 17.8. The van der Waals surface area contributed by atoms with Crippen LogP contribution in [0.5, 0.6) is 0 Å². The number of rotatable bonds is 5. The summed E-state index contributed by atoms with van der Waals surface area (Å²) in [5.74, 6) is 1.25. The van der Waals surface area contributed by atoms with Gasteiger partial charge in [0.1, 0.15) is 17.2 Å². The van der Waals surface area contributed by atoms with Crippen LogP contribution in [0.3, 0.4) is 0 Å². The first-order valence-corrected chi connectivity index (χ1v) is 11.0. The summed E-state index contributed by atoms with van der Waals surface area (Å²) in [7, 11) is 0. The summed E-state index contributed by atoms with van der Waals surface area (Å²) in [5, 5.41) is 4.77. The Morgan fingerprint density at radius 3 is 2.52 bits per heavy atom. The van der Waals surface area contributed by atoms with E-state index in [0.717, 1.165) is 32.0 Å². The first kappa shape index (κ1) is 20.3. The van der Waals surface area contributed by atoms with Gasteiger partial charge in [0.05, 0.1) is 15.7 Å². The Labute approximate surface area is 182 Å². The Balaban J connectivity index is 1.55. The predicted octanol–water partition coefficient (Wildman–Crippen LogP) is 3.99. The summed E-state index contributed by atoms with van der Waals surface area (Å²) >= 11 is 11.0. The molecule has 3 aromatic rings. The largest absolute Gasteiger partial charge is 0.587 e. The monoisotopic (exact) mass is 447 g/mol. The molecule has 0 bridgehead atoms. The van der Waals surface area contributed by atoms with Crippen molar-refractivity contribution in [2.75, 3.05) is 35.8 Å². The molecule has 1 aliphatic heterocycles. The van der Waals surface area contributed by atoms with Crippen molar-refractivity contribution < 1.29 is 4.55 Å². The molecule has 0 saturated carbocycles. The molecule has 3 heterocycles. The van der Waals surface area contributed by atoms with E-state index < -0.39 is 11.4 Å². The van der Waals surface area contributed by atoms with Crippen molar-refractivity contribution in [2.45, 2.75) is 5.03 Å². The van der Waals surface area contributed by atoms with E-state index in [1.54, 1.807) is 24.3 Å². The number of anilines is 2. The van der Waals surface area contributed by atoms with Gasteiger partial charge in [0, 0.05) is 37.8 Å². The highest BCUT2D eigenvalue weighted by Gasteiger charge is 2.19. The zero-order chi connectivity index (χ0) is 20.2. The standard InChI is InChI=1S/C20H19Cl2N5OS/c21-15-5-2-1-4-14(15)20-16(22)8-9-17(24-20)26-29(28)19-7-3-6-18(25-19)27-12-10-23-11-13-27/h1-9,23H,10-13H2,(H,24,26). The van der Waals surface area contributed by atoms with Crippen LogP contribution < -0.4 is 14.9 Å². The number of aromatic nitrogens is 2. The second-order valence-corrected chi connectivity index (χ2v) is 8.42. The van der Waals surface area contributed by atoms with Gasteiger partial charge in [-0.05, 0) is 24.3 Å². The minimum Gasteiger partial charge on any atom is -0.587 e. The molecule has 9 heteroatoms. The van der Waals surface area contributed by atoms with E-state index >= 15 is 0 Å². The number of halogens is 2. The highest BCUT2D eigenvalue weighted by Crippen LogP contribution is 2.32. The molecule has 2 N–H and O–H groups in total. The van der Waals surface area contributed by atoms with Gasteiger partial charge in [-0.15, -0.1) is 0 Å². The molecule has 1 unspecified atom stereocenters. The van der Waals surface area contributed by atoms with Crippen LogP contribution in [-0.2, 0) is 11.4 Å². The molecule has 0 spiro atoms. The van der Waals surface area contributed by atoms with Crippen LogP contribution in [0.15, 0.2) is 59.6 Å². The second-order valence-electron chi connectivity index (χ2n) is 6.45. The lowest BCUT2D eigenvalue weighted by Crippen LogP contribution is -2.44. The van der Waals surface area contributed by atoms with E-state index in [1.807, 2.05) is 30.3 Å². The Morgan fingerprint density at radius 1 is 0.931 bits per heavy atom.